The van der Waals surface area contributed by atoms with E-state index in [-0.39, 0.29) is 0 Å². The molecule has 0 aromatic heterocycles. The number of hydrogen-bond acceptors (Lipinski definition) is 2. The Hall–Kier alpha value is -0.0800. The van der Waals surface area contributed by atoms with Crippen LogP contribution in [-0.2, 0) is 0 Å². The molecule has 12 heavy (non-hydrogen) atoms. The molecule has 0 aliphatic carbocycles. The van der Waals surface area contributed by atoms with Gasteiger partial charge in [0, 0.05) is 12.6 Å². The molecule has 1 fully saturated rings. The first-order chi connectivity index (χ1) is 5.88. The molecule has 2 nitrogen and oxygen atoms in total. The Morgan fingerprint density at radius 2 is 1.92 bits per heavy atom. The van der Waals surface area contributed by atoms with Gasteiger partial charge in [-0.05, 0) is 38.9 Å². The van der Waals surface area contributed by atoms with Crippen LogP contribution in [0.3, 0.4) is 0 Å². The summed E-state index contributed by atoms with van der Waals surface area (Å²) >= 11 is 0. The van der Waals surface area contributed by atoms with Gasteiger partial charge in [-0.15, -0.1) is 0 Å². The first kappa shape index (κ1) is 10.0. The predicted molar refractivity (Wildman–Crippen MR) is 53.4 cm³/mol. The number of likely N-dealkylation sites (N-methyl/N-ethyl adjacent to an activating group) is 1. The van der Waals surface area contributed by atoms with Crippen LogP contribution >= 0.6 is 0 Å². The molecule has 1 aliphatic rings. The normalized spacial score (nSPS) is 21.5. The van der Waals surface area contributed by atoms with Gasteiger partial charge in [-0.3, -0.25) is 4.90 Å². The minimum Gasteiger partial charge on any atom is -0.315 e. The largest absolute Gasteiger partial charge is 0.315 e. The Morgan fingerprint density at radius 1 is 1.25 bits per heavy atom. The lowest BCUT2D eigenvalue weighted by Gasteiger charge is -2.26. The van der Waals surface area contributed by atoms with Crippen LogP contribution in [0, 0.1) is 0 Å². The quantitative estimate of drug-likeness (QED) is 0.672. The molecule has 0 saturated carbocycles. The first-order valence-electron chi connectivity index (χ1n) is 5.33. The van der Waals surface area contributed by atoms with E-state index in [2.05, 4.69) is 24.1 Å². The summed E-state index contributed by atoms with van der Waals surface area (Å²) < 4.78 is 0. The second-order valence-corrected chi connectivity index (χ2v) is 3.61. The molecule has 0 radical (unpaired) electrons. The van der Waals surface area contributed by atoms with Crippen LogP contribution in [0.4, 0.5) is 0 Å². The summed E-state index contributed by atoms with van der Waals surface area (Å²) in [5.74, 6) is 0. The highest BCUT2D eigenvalue weighted by Gasteiger charge is 2.19. The molecule has 2 heteroatoms. The first-order valence-corrected chi connectivity index (χ1v) is 5.33. The van der Waals surface area contributed by atoms with Gasteiger partial charge in [0.05, 0.1) is 0 Å². The van der Waals surface area contributed by atoms with Crippen LogP contribution in [0.2, 0.25) is 0 Å². The Balaban J connectivity index is 2.22. The molecular weight excluding hydrogens is 148 g/mol. The Kier molecular flexibility index (Phi) is 4.62. The highest BCUT2D eigenvalue weighted by Crippen LogP contribution is 2.13. The summed E-state index contributed by atoms with van der Waals surface area (Å²) in [4.78, 5) is 2.63. The van der Waals surface area contributed by atoms with Gasteiger partial charge in [-0.2, -0.15) is 0 Å². The summed E-state index contributed by atoms with van der Waals surface area (Å²) in [6.07, 6.45) is 4.10. The van der Waals surface area contributed by atoms with Crippen LogP contribution in [0.25, 0.3) is 0 Å². The van der Waals surface area contributed by atoms with Gasteiger partial charge in [-0.1, -0.05) is 13.8 Å². The SMILES string of the molecule is CCNCC(CC)N1CCCC1. The molecule has 1 atom stereocenters. The molecule has 1 N–H and O–H groups in total. The number of rotatable bonds is 5. The van der Waals surface area contributed by atoms with Crippen molar-refractivity contribution in [2.45, 2.75) is 39.2 Å². The monoisotopic (exact) mass is 170 g/mol. The zero-order valence-corrected chi connectivity index (χ0v) is 8.47. The van der Waals surface area contributed by atoms with Gasteiger partial charge in [0.25, 0.3) is 0 Å². The van der Waals surface area contributed by atoms with E-state index >= 15 is 0 Å². The van der Waals surface area contributed by atoms with Crippen LogP contribution in [0.15, 0.2) is 0 Å². The third kappa shape index (κ3) is 2.76. The number of likely N-dealkylation sites (tertiary alicyclic amines) is 1. The second kappa shape index (κ2) is 5.55. The maximum Gasteiger partial charge on any atom is 0.0218 e. The van der Waals surface area contributed by atoms with Crippen molar-refractivity contribution in [3.05, 3.63) is 0 Å². The fourth-order valence-corrected chi connectivity index (χ4v) is 1.95. The molecule has 1 rings (SSSR count). The van der Waals surface area contributed by atoms with E-state index in [0.717, 1.165) is 12.6 Å². The van der Waals surface area contributed by atoms with Gasteiger partial charge < -0.3 is 5.32 Å². The maximum absolute atomic E-state index is 3.43. The van der Waals surface area contributed by atoms with Gasteiger partial charge in [0.2, 0.25) is 0 Å². The fraction of sp³-hybridized carbons (Fsp3) is 1.00. The van der Waals surface area contributed by atoms with Gasteiger partial charge in [0.15, 0.2) is 0 Å². The van der Waals surface area contributed by atoms with Crippen molar-refractivity contribution in [2.24, 2.45) is 0 Å². The van der Waals surface area contributed by atoms with Crippen molar-refractivity contribution in [1.29, 1.82) is 0 Å². The van der Waals surface area contributed by atoms with Crippen molar-refractivity contribution < 1.29 is 0 Å². The highest BCUT2D eigenvalue weighted by molar-refractivity contribution is 4.76. The van der Waals surface area contributed by atoms with Crippen molar-refractivity contribution in [3.8, 4) is 0 Å². The second-order valence-electron chi connectivity index (χ2n) is 3.61. The van der Waals surface area contributed by atoms with E-state index in [4.69, 9.17) is 0 Å². The van der Waals surface area contributed by atoms with Crippen molar-refractivity contribution in [1.82, 2.24) is 10.2 Å². The lowest BCUT2D eigenvalue weighted by molar-refractivity contribution is 0.231. The van der Waals surface area contributed by atoms with E-state index in [1.807, 2.05) is 0 Å². The molecule has 1 saturated heterocycles. The summed E-state index contributed by atoms with van der Waals surface area (Å²) in [6, 6.07) is 0.785. The predicted octanol–water partition coefficient (Wildman–Crippen LogP) is 1.47. The zero-order chi connectivity index (χ0) is 8.81. The van der Waals surface area contributed by atoms with Gasteiger partial charge in [0.1, 0.15) is 0 Å². The number of hydrogen-bond donors (Lipinski definition) is 1. The van der Waals surface area contributed by atoms with Crippen LogP contribution in [0.5, 0.6) is 0 Å². The maximum atomic E-state index is 3.43. The molecule has 1 heterocycles. The van der Waals surface area contributed by atoms with Crippen LogP contribution < -0.4 is 5.32 Å². The molecule has 1 aliphatic heterocycles. The highest BCUT2D eigenvalue weighted by atomic mass is 15.2. The molecule has 0 bridgehead atoms. The van der Waals surface area contributed by atoms with E-state index in [0.29, 0.717) is 0 Å². The summed E-state index contributed by atoms with van der Waals surface area (Å²) in [5, 5.41) is 3.43. The van der Waals surface area contributed by atoms with E-state index in [1.165, 1.54) is 38.9 Å². The standard InChI is InChI=1S/C10H22N2/c1-3-10(9-11-4-2)12-7-5-6-8-12/h10-11H,3-9H2,1-2H3. The molecule has 0 amide bonds. The van der Waals surface area contributed by atoms with Gasteiger partial charge in [-0.25, -0.2) is 0 Å². The molecule has 0 aromatic carbocycles. The van der Waals surface area contributed by atoms with E-state index < -0.39 is 0 Å². The lowest BCUT2D eigenvalue weighted by atomic mass is 10.2. The summed E-state index contributed by atoms with van der Waals surface area (Å²) in [6.45, 7) is 9.39. The zero-order valence-electron chi connectivity index (χ0n) is 8.47. The lowest BCUT2D eigenvalue weighted by Crippen LogP contribution is -2.40. The minimum absolute atomic E-state index is 0.785. The number of nitrogens with one attached hydrogen (secondary N) is 1. The minimum atomic E-state index is 0.785. The third-order valence-electron chi connectivity index (χ3n) is 2.76. The van der Waals surface area contributed by atoms with Crippen LogP contribution in [-0.4, -0.2) is 37.1 Å². The fourth-order valence-electron chi connectivity index (χ4n) is 1.95. The molecule has 0 spiro atoms. The topological polar surface area (TPSA) is 15.3 Å². The van der Waals surface area contributed by atoms with Crippen molar-refractivity contribution >= 4 is 0 Å². The third-order valence-corrected chi connectivity index (χ3v) is 2.76. The smallest absolute Gasteiger partial charge is 0.0218 e. The summed E-state index contributed by atoms with van der Waals surface area (Å²) in [7, 11) is 0. The Morgan fingerprint density at radius 3 is 2.42 bits per heavy atom. The van der Waals surface area contributed by atoms with Crippen molar-refractivity contribution in [2.75, 3.05) is 26.2 Å². The molecule has 1 unspecified atom stereocenters. The molecule has 0 aromatic rings. The number of nitrogens with zero attached hydrogens (tertiary/aromatic N) is 1. The Bertz CT molecular complexity index is 108. The van der Waals surface area contributed by atoms with E-state index in [1.54, 1.807) is 0 Å². The van der Waals surface area contributed by atoms with Crippen molar-refractivity contribution in [3.63, 3.8) is 0 Å². The molecular formula is C10H22N2. The molecule has 72 valence electrons. The Labute approximate surface area is 76.3 Å². The average Bonchev–Trinajstić information content (AvgIpc) is 2.59. The average molecular weight is 170 g/mol. The van der Waals surface area contributed by atoms with Crippen LogP contribution in [0.1, 0.15) is 33.1 Å². The summed E-state index contributed by atoms with van der Waals surface area (Å²) in [5.41, 5.74) is 0. The van der Waals surface area contributed by atoms with E-state index in [9.17, 15) is 0 Å². The van der Waals surface area contributed by atoms with Gasteiger partial charge >= 0.3 is 0 Å².